The molecule has 10 nitrogen and oxygen atoms in total. The smallest absolute Gasteiger partial charge is 0.188 e. The quantitative estimate of drug-likeness (QED) is 0.0685. The molecule has 0 aliphatic carbocycles. The molecular weight excluding hydrogens is 656 g/mol. The third-order valence-corrected chi connectivity index (χ3v) is 5.62. The van der Waals surface area contributed by atoms with Crippen LogP contribution in [-0.4, -0.2) is 41.9 Å². The summed E-state index contributed by atoms with van der Waals surface area (Å²) in [4.78, 5) is 41.1. The van der Waals surface area contributed by atoms with Gasteiger partial charge in [-0.25, -0.2) is 9.97 Å². The van der Waals surface area contributed by atoms with Gasteiger partial charge in [-0.05, 0) is 80.4 Å². The van der Waals surface area contributed by atoms with Crippen LogP contribution in [0.3, 0.4) is 0 Å². The minimum absolute atomic E-state index is 0.199. The molecule has 0 spiro atoms. The van der Waals surface area contributed by atoms with E-state index < -0.39 is 0 Å². The van der Waals surface area contributed by atoms with Crippen LogP contribution in [0.2, 0.25) is 0 Å². The molecule has 5 heterocycles. The monoisotopic (exact) mass is 672 g/mol. The number of hydrogen-bond acceptors (Lipinski definition) is 10. The van der Waals surface area contributed by atoms with Gasteiger partial charge in [-0.2, -0.15) is 0 Å². The highest BCUT2D eigenvalue weighted by molar-refractivity contribution is 9.10. The van der Waals surface area contributed by atoms with Crippen molar-refractivity contribution >= 4 is 55.2 Å². The average molecular weight is 675 g/mol. The number of carbonyl (C=O) groups excluding carboxylic acids is 2. The number of aromatic nitrogens is 5. The number of pyridine rings is 4. The molecule has 39 heavy (non-hydrogen) atoms. The maximum absolute atomic E-state index is 11.9. The van der Waals surface area contributed by atoms with Gasteiger partial charge in [-0.3, -0.25) is 19.6 Å². The minimum atomic E-state index is -0.301. The summed E-state index contributed by atoms with van der Waals surface area (Å²) in [5, 5.41) is 11.1. The van der Waals surface area contributed by atoms with E-state index in [0.717, 1.165) is 21.6 Å². The summed E-state index contributed by atoms with van der Waals surface area (Å²) in [6.07, 6.45) is 6.30. The molecule has 5 rings (SSSR count). The van der Waals surface area contributed by atoms with E-state index in [-0.39, 0.29) is 23.7 Å². The molecule has 0 saturated heterocycles. The summed E-state index contributed by atoms with van der Waals surface area (Å²) in [7, 11) is 0. The zero-order chi connectivity index (χ0) is 28.0. The molecule has 0 aliphatic heterocycles. The fourth-order valence-electron chi connectivity index (χ4n) is 3.02. The van der Waals surface area contributed by atoms with Crippen molar-refractivity contribution in [1.82, 2.24) is 30.1 Å². The van der Waals surface area contributed by atoms with Gasteiger partial charge in [0.1, 0.15) is 26.3 Å². The first-order valence-corrected chi connectivity index (χ1v) is 13.0. The second kappa shape index (κ2) is 15.7. The van der Waals surface area contributed by atoms with E-state index in [4.69, 9.17) is 9.73 Å². The number of nitrogens with zero attached hydrogens (tertiary/aromatic N) is 5. The van der Waals surface area contributed by atoms with Crippen LogP contribution in [0.25, 0.3) is 22.7 Å². The first kappa shape index (κ1) is 29.9. The van der Waals surface area contributed by atoms with Gasteiger partial charge in [0.25, 0.3) is 0 Å². The lowest BCUT2D eigenvalue weighted by Gasteiger charge is -2.00. The van der Waals surface area contributed by atoms with E-state index in [1.165, 1.54) is 11.2 Å². The first-order chi connectivity index (χ1) is 18.9. The summed E-state index contributed by atoms with van der Waals surface area (Å²) in [5.41, 5.74) is 3.12. The van der Waals surface area contributed by atoms with Crippen LogP contribution in [-0.2, 0) is 0 Å². The van der Waals surface area contributed by atoms with Gasteiger partial charge in [0, 0.05) is 53.8 Å². The van der Waals surface area contributed by atoms with Gasteiger partial charge in [-0.1, -0.05) is 17.3 Å². The van der Waals surface area contributed by atoms with E-state index in [1.54, 1.807) is 48.9 Å². The molecule has 198 valence electrons. The fraction of sp³-hybridized carbons (Fsp3) is 0.0385. The van der Waals surface area contributed by atoms with E-state index in [9.17, 15) is 9.59 Å². The third-order valence-electron chi connectivity index (χ3n) is 4.74. The molecule has 0 aromatic carbocycles. The fourth-order valence-corrected chi connectivity index (χ4v) is 3.71. The lowest BCUT2D eigenvalue weighted by atomic mass is 10.1. The molecule has 2 N–H and O–H groups in total. The largest absolute Gasteiger partial charge is 0.354 e. The molecular formula is C26H19Br2ClN6O4. The van der Waals surface area contributed by atoms with Gasteiger partial charge in [0.15, 0.2) is 17.3 Å². The van der Waals surface area contributed by atoms with Gasteiger partial charge in [0.05, 0.1) is 6.42 Å². The number of carbonyl (C=O) groups is 2. The first-order valence-electron chi connectivity index (χ1n) is 11.0. The standard InChI is InChI=1S/C13H8BrN3O.C13H9BrN2O2.ClH2NO/c14-13-5-1-4-10(16-13)12-7-11(17-18-12)9-3-2-6-15-8-9;14-13-5-1-4-10(16-13)12(18)7-11(17)9-3-2-6-15-8-9;1-2-3/h1-8H;1-6,8H,7H2;2-3H. The van der Waals surface area contributed by atoms with Crippen LogP contribution in [0.5, 0.6) is 0 Å². The summed E-state index contributed by atoms with van der Waals surface area (Å²) in [5.74, 6) is 0.0789. The minimum Gasteiger partial charge on any atom is -0.354 e. The lowest BCUT2D eigenvalue weighted by molar-refractivity contribution is 0.0891. The molecule has 0 aliphatic rings. The maximum Gasteiger partial charge on any atom is 0.188 e. The number of hydrogen-bond donors (Lipinski definition) is 2. The Morgan fingerprint density at radius 2 is 1.51 bits per heavy atom. The molecule has 0 fully saturated rings. The number of ketones is 2. The van der Waals surface area contributed by atoms with Crippen LogP contribution in [0, 0.1) is 0 Å². The second-order valence-electron chi connectivity index (χ2n) is 7.36. The zero-order valence-corrected chi connectivity index (χ0v) is 23.8. The van der Waals surface area contributed by atoms with Crippen molar-refractivity contribution in [3.05, 3.63) is 112 Å². The second-order valence-corrected chi connectivity index (χ2v) is 9.15. The zero-order valence-electron chi connectivity index (χ0n) is 19.9. The van der Waals surface area contributed by atoms with Crippen molar-refractivity contribution in [1.29, 1.82) is 0 Å². The normalized spacial score (nSPS) is 9.95. The lowest BCUT2D eigenvalue weighted by Crippen LogP contribution is -2.10. The Morgan fingerprint density at radius 1 is 0.846 bits per heavy atom. The summed E-state index contributed by atoms with van der Waals surface area (Å²) in [6.45, 7) is 0. The molecule has 5 aromatic heterocycles. The Morgan fingerprint density at radius 3 is 2.13 bits per heavy atom. The number of nitrogens with one attached hydrogen (secondary N) is 1. The summed E-state index contributed by atoms with van der Waals surface area (Å²) < 4.78 is 6.63. The Hall–Kier alpha value is -3.68. The van der Waals surface area contributed by atoms with Crippen LogP contribution in [0.4, 0.5) is 0 Å². The third kappa shape index (κ3) is 9.53. The van der Waals surface area contributed by atoms with Gasteiger partial charge < -0.3 is 9.73 Å². The van der Waals surface area contributed by atoms with Crippen LogP contribution < -0.4 is 5.00 Å². The van der Waals surface area contributed by atoms with Crippen LogP contribution >= 0.6 is 43.6 Å². The van der Waals surface area contributed by atoms with Crippen molar-refractivity contribution in [2.75, 3.05) is 0 Å². The van der Waals surface area contributed by atoms with Crippen molar-refractivity contribution in [2.45, 2.75) is 6.42 Å². The predicted molar refractivity (Wildman–Crippen MR) is 151 cm³/mol. The van der Waals surface area contributed by atoms with E-state index in [0.29, 0.717) is 15.9 Å². The SMILES string of the molecule is Brc1cccc(-c2cc(-c3cccnc3)no2)n1.O=C(CC(=O)c1cccc(Br)n1)c1cccnc1.ONCl. The maximum atomic E-state index is 11.9. The van der Waals surface area contributed by atoms with Crippen molar-refractivity contribution in [2.24, 2.45) is 0 Å². The molecule has 0 saturated carbocycles. The number of Topliss-reactive ketones (excluding diaryl/α,β-unsaturated/α-hetero) is 2. The summed E-state index contributed by atoms with van der Waals surface area (Å²) >= 11 is 10.8. The van der Waals surface area contributed by atoms with E-state index in [2.05, 4.69) is 68.7 Å². The molecule has 5 aromatic rings. The molecule has 0 amide bonds. The predicted octanol–water partition coefficient (Wildman–Crippen LogP) is 6.37. The molecule has 0 radical (unpaired) electrons. The molecule has 13 heteroatoms. The highest BCUT2D eigenvalue weighted by Gasteiger charge is 2.15. The van der Waals surface area contributed by atoms with Gasteiger partial charge >= 0.3 is 0 Å². The van der Waals surface area contributed by atoms with Crippen molar-refractivity contribution < 1.29 is 19.3 Å². The Balaban J connectivity index is 0.000000196. The Kier molecular flexibility index (Phi) is 12.0. The van der Waals surface area contributed by atoms with E-state index >= 15 is 0 Å². The number of halogens is 3. The highest BCUT2D eigenvalue weighted by atomic mass is 79.9. The van der Waals surface area contributed by atoms with E-state index in [1.807, 2.05) is 36.4 Å². The van der Waals surface area contributed by atoms with Crippen molar-refractivity contribution in [3.63, 3.8) is 0 Å². The van der Waals surface area contributed by atoms with Crippen LogP contribution in [0.15, 0.2) is 105 Å². The number of rotatable bonds is 6. The molecule has 0 bridgehead atoms. The molecule has 0 unspecified atom stereocenters. The van der Waals surface area contributed by atoms with Crippen molar-refractivity contribution in [3.8, 4) is 22.7 Å². The Bertz CT molecular complexity index is 1510. The topological polar surface area (TPSA) is 144 Å². The van der Waals surface area contributed by atoms with Gasteiger partial charge in [0.2, 0.25) is 0 Å². The van der Waals surface area contributed by atoms with Gasteiger partial charge in [-0.15, -0.1) is 5.00 Å². The van der Waals surface area contributed by atoms with Crippen LogP contribution in [0.1, 0.15) is 27.3 Å². The average Bonchev–Trinajstić information content (AvgIpc) is 3.45. The Labute approximate surface area is 244 Å². The highest BCUT2D eigenvalue weighted by Crippen LogP contribution is 2.25. The summed E-state index contributed by atoms with van der Waals surface area (Å²) in [6, 6.07) is 19.6. The molecule has 0 atom stereocenters.